The molecule has 0 unspecified atom stereocenters. The molecule has 0 aliphatic heterocycles. The van der Waals surface area contributed by atoms with Crippen molar-refractivity contribution in [3.63, 3.8) is 0 Å². The number of fused-ring (bicyclic) bond motifs is 13. The molecular formula is C61H47NO. The summed E-state index contributed by atoms with van der Waals surface area (Å²) in [7, 11) is 0. The third-order valence-electron chi connectivity index (χ3n) is 15.1. The van der Waals surface area contributed by atoms with Crippen LogP contribution in [0, 0.1) is 0 Å². The Bertz CT molecular complexity index is 3470. The molecule has 3 aliphatic rings. The first kappa shape index (κ1) is 36.5. The SMILES string of the molecule is CC1(C)c2ccccc2-c2cccc(-c3ccccc3-c3ccc(N(c4ccc5c(c4)C4(CCCCC4)c4ccccc4-5)c4cccc5oc6c7ccccc7ccc6c45)cc3)c21. The largest absolute Gasteiger partial charge is 0.455 e. The van der Waals surface area contributed by atoms with Crippen LogP contribution in [0.5, 0.6) is 0 Å². The molecule has 0 radical (unpaired) electrons. The van der Waals surface area contributed by atoms with Gasteiger partial charge in [0.15, 0.2) is 0 Å². The van der Waals surface area contributed by atoms with Crippen LogP contribution in [0.25, 0.3) is 77.2 Å². The monoisotopic (exact) mass is 809 g/mol. The van der Waals surface area contributed by atoms with Crippen molar-refractivity contribution < 1.29 is 4.42 Å². The highest BCUT2D eigenvalue weighted by Crippen LogP contribution is 2.58. The number of hydrogen-bond acceptors (Lipinski definition) is 2. The van der Waals surface area contributed by atoms with Crippen LogP contribution in [0.3, 0.4) is 0 Å². The Morgan fingerprint density at radius 1 is 0.444 bits per heavy atom. The van der Waals surface area contributed by atoms with Gasteiger partial charge in [0.25, 0.3) is 0 Å². The van der Waals surface area contributed by atoms with Gasteiger partial charge in [0.05, 0.1) is 11.1 Å². The second kappa shape index (κ2) is 13.7. The third-order valence-corrected chi connectivity index (χ3v) is 15.1. The van der Waals surface area contributed by atoms with E-state index in [1.165, 1.54) is 110 Å². The molecule has 63 heavy (non-hydrogen) atoms. The number of furan rings is 1. The minimum atomic E-state index is -0.113. The molecule has 0 N–H and O–H groups in total. The predicted molar refractivity (Wildman–Crippen MR) is 264 cm³/mol. The van der Waals surface area contributed by atoms with Crippen molar-refractivity contribution in [1.82, 2.24) is 0 Å². The fourth-order valence-electron chi connectivity index (χ4n) is 12.3. The van der Waals surface area contributed by atoms with Gasteiger partial charge < -0.3 is 9.32 Å². The molecule has 1 aromatic heterocycles. The van der Waals surface area contributed by atoms with E-state index in [1.807, 2.05) is 0 Å². The summed E-state index contributed by atoms with van der Waals surface area (Å²) in [4.78, 5) is 2.49. The Morgan fingerprint density at radius 3 is 1.87 bits per heavy atom. The molecule has 2 nitrogen and oxygen atoms in total. The lowest BCUT2D eigenvalue weighted by Crippen LogP contribution is -2.28. The van der Waals surface area contributed by atoms with E-state index in [0.717, 1.165) is 38.7 Å². The molecule has 0 saturated heterocycles. The van der Waals surface area contributed by atoms with E-state index in [-0.39, 0.29) is 10.8 Å². The van der Waals surface area contributed by atoms with Gasteiger partial charge in [-0.05, 0) is 127 Å². The zero-order valence-corrected chi connectivity index (χ0v) is 35.8. The van der Waals surface area contributed by atoms with Gasteiger partial charge in [-0.2, -0.15) is 0 Å². The summed E-state index contributed by atoms with van der Waals surface area (Å²) in [6.07, 6.45) is 6.21. The van der Waals surface area contributed by atoms with Crippen LogP contribution in [0.15, 0.2) is 192 Å². The second-order valence-electron chi connectivity index (χ2n) is 18.7. The van der Waals surface area contributed by atoms with E-state index in [4.69, 9.17) is 4.42 Å². The summed E-state index contributed by atoms with van der Waals surface area (Å²) in [5, 5.41) is 4.58. The van der Waals surface area contributed by atoms with E-state index in [0.29, 0.717) is 0 Å². The van der Waals surface area contributed by atoms with Crippen molar-refractivity contribution in [2.75, 3.05) is 4.90 Å². The molecule has 0 amide bonds. The lowest BCUT2D eigenvalue weighted by atomic mass is 9.68. The first-order valence-corrected chi connectivity index (χ1v) is 22.8. The molecule has 1 spiro atoms. The van der Waals surface area contributed by atoms with Crippen LogP contribution in [0.2, 0.25) is 0 Å². The van der Waals surface area contributed by atoms with Crippen molar-refractivity contribution in [2.45, 2.75) is 56.8 Å². The zero-order valence-electron chi connectivity index (χ0n) is 35.8. The summed E-state index contributed by atoms with van der Waals surface area (Å²) in [5.74, 6) is 0. The lowest BCUT2D eigenvalue weighted by Gasteiger charge is -2.36. The minimum Gasteiger partial charge on any atom is -0.455 e. The number of anilines is 3. The fourth-order valence-corrected chi connectivity index (χ4v) is 12.3. The van der Waals surface area contributed by atoms with Crippen molar-refractivity contribution >= 4 is 49.8 Å². The average Bonchev–Trinajstić information content (AvgIpc) is 3.94. The van der Waals surface area contributed by atoms with Gasteiger partial charge in [-0.1, -0.05) is 179 Å². The molecule has 1 fully saturated rings. The molecule has 9 aromatic carbocycles. The van der Waals surface area contributed by atoms with E-state index in [2.05, 4.69) is 207 Å². The van der Waals surface area contributed by atoms with Crippen LogP contribution in [-0.4, -0.2) is 0 Å². The highest BCUT2D eigenvalue weighted by Gasteiger charge is 2.44. The Balaban J connectivity index is 0.993. The molecule has 1 saturated carbocycles. The van der Waals surface area contributed by atoms with Crippen molar-refractivity contribution in [3.05, 3.63) is 210 Å². The summed E-state index contributed by atoms with van der Waals surface area (Å²) < 4.78 is 6.81. The molecule has 0 bridgehead atoms. The van der Waals surface area contributed by atoms with Crippen molar-refractivity contribution in [2.24, 2.45) is 0 Å². The van der Waals surface area contributed by atoms with Gasteiger partial charge in [0.2, 0.25) is 0 Å². The maximum atomic E-state index is 6.81. The van der Waals surface area contributed by atoms with E-state index in [1.54, 1.807) is 0 Å². The Hall–Kier alpha value is -7.16. The summed E-state index contributed by atoms with van der Waals surface area (Å²) in [6, 6.07) is 70.2. The number of hydrogen-bond donors (Lipinski definition) is 0. The smallest absolute Gasteiger partial charge is 0.143 e. The molecule has 3 aliphatic carbocycles. The van der Waals surface area contributed by atoms with Crippen molar-refractivity contribution in [3.8, 4) is 44.5 Å². The number of benzene rings is 9. The summed E-state index contributed by atoms with van der Waals surface area (Å²) in [6.45, 7) is 4.76. The second-order valence-corrected chi connectivity index (χ2v) is 18.7. The molecule has 302 valence electrons. The summed E-state index contributed by atoms with van der Waals surface area (Å²) in [5.41, 5.74) is 21.4. The first-order valence-electron chi connectivity index (χ1n) is 22.8. The van der Waals surface area contributed by atoms with E-state index < -0.39 is 0 Å². The fraction of sp³-hybridized carbons (Fsp3) is 0.148. The van der Waals surface area contributed by atoms with Crippen LogP contribution in [-0.2, 0) is 10.8 Å². The van der Waals surface area contributed by atoms with Gasteiger partial charge in [0.1, 0.15) is 11.2 Å². The normalized spacial score (nSPS) is 15.4. The first-order chi connectivity index (χ1) is 31.0. The molecule has 1 heterocycles. The maximum Gasteiger partial charge on any atom is 0.143 e. The third kappa shape index (κ3) is 5.25. The minimum absolute atomic E-state index is 0.0419. The van der Waals surface area contributed by atoms with E-state index in [9.17, 15) is 0 Å². The topological polar surface area (TPSA) is 16.4 Å². The average molecular weight is 810 g/mol. The number of nitrogens with zero attached hydrogens (tertiary/aromatic N) is 1. The molecule has 10 aromatic rings. The van der Waals surface area contributed by atoms with Crippen LogP contribution < -0.4 is 4.90 Å². The Labute approximate surface area is 369 Å². The van der Waals surface area contributed by atoms with Gasteiger partial charge in [-0.25, -0.2) is 0 Å². The highest BCUT2D eigenvalue weighted by atomic mass is 16.3. The van der Waals surface area contributed by atoms with Gasteiger partial charge in [-0.3, -0.25) is 0 Å². The van der Waals surface area contributed by atoms with Crippen LogP contribution in [0.1, 0.15) is 68.2 Å². The van der Waals surface area contributed by atoms with E-state index >= 15 is 0 Å². The number of rotatable bonds is 5. The van der Waals surface area contributed by atoms with Crippen LogP contribution >= 0.6 is 0 Å². The lowest BCUT2D eigenvalue weighted by molar-refractivity contribution is 0.353. The highest BCUT2D eigenvalue weighted by molar-refractivity contribution is 6.19. The molecule has 13 rings (SSSR count). The Morgan fingerprint density at radius 2 is 1.06 bits per heavy atom. The van der Waals surface area contributed by atoms with Crippen LogP contribution in [0.4, 0.5) is 17.1 Å². The van der Waals surface area contributed by atoms with Gasteiger partial charge >= 0.3 is 0 Å². The van der Waals surface area contributed by atoms with Gasteiger partial charge in [0, 0.05) is 33.0 Å². The van der Waals surface area contributed by atoms with Crippen molar-refractivity contribution in [1.29, 1.82) is 0 Å². The quantitative estimate of drug-likeness (QED) is 0.172. The molecular weight excluding hydrogens is 763 g/mol. The Kier molecular flexibility index (Phi) is 7.92. The maximum absolute atomic E-state index is 6.81. The molecule has 2 heteroatoms. The standard InChI is InChI=1S/C61H47NO/c1-60(2)52-24-10-8-21-47(52)50-23-14-22-49(58(50)60)45-19-7-6-17-43(45)40-28-31-41(32-29-40)62(55-26-15-27-56-57(55)51-34-30-39-16-4-5-18-44(39)59(51)63-56)42-33-35-48-46-20-9-11-25-53(46)61(54(48)38-42)36-12-3-13-37-61/h4-11,14-35,38H,3,12-13,36-37H2,1-2H3. The zero-order chi connectivity index (χ0) is 41.9. The molecule has 0 atom stereocenters. The predicted octanol–water partition coefficient (Wildman–Crippen LogP) is 17.1. The van der Waals surface area contributed by atoms with Gasteiger partial charge in [-0.15, -0.1) is 0 Å². The summed E-state index contributed by atoms with van der Waals surface area (Å²) >= 11 is 0.